The molecule has 8 nitrogen and oxygen atoms in total. The fourth-order valence-electron chi connectivity index (χ4n) is 3.81. The van der Waals surface area contributed by atoms with Crippen molar-refractivity contribution in [3.05, 3.63) is 53.4 Å². The van der Waals surface area contributed by atoms with Gasteiger partial charge in [0.25, 0.3) is 0 Å². The number of aromatic nitrogens is 3. The van der Waals surface area contributed by atoms with E-state index in [9.17, 15) is 9.18 Å². The van der Waals surface area contributed by atoms with Crippen molar-refractivity contribution in [1.82, 2.24) is 19.5 Å². The number of aryl methyl sites for hydroxylation is 1. The van der Waals surface area contributed by atoms with Gasteiger partial charge in [-0.2, -0.15) is 9.61 Å². The maximum Gasteiger partial charge on any atom is 0.410 e. The van der Waals surface area contributed by atoms with E-state index in [-0.39, 0.29) is 24.0 Å². The van der Waals surface area contributed by atoms with Crippen LogP contribution in [0.4, 0.5) is 14.9 Å². The van der Waals surface area contributed by atoms with Gasteiger partial charge in [-0.15, -0.1) is 0 Å². The lowest BCUT2D eigenvalue weighted by Crippen LogP contribution is -2.42. The number of hydrogen-bond donors (Lipinski definition) is 0. The number of fused-ring (bicyclic) bond motifs is 1. The van der Waals surface area contributed by atoms with Gasteiger partial charge in [-0.1, -0.05) is 12.1 Å². The number of nitrogens with zero attached hydrogens (tertiary/aromatic N) is 5. The lowest BCUT2D eigenvalue weighted by atomic mass is 10.1. The molecular weight excluding hydrogens is 413 g/mol. The number of carbonyl (C=O) groups excluding carboxylic acids is 1. The van der Waals surface area contributed by atoms with Crippen LogP contribution < -0.4 is 4.74 Å². The van der Waals surface area contributed by atoms with Crippen LogP contribution in [0.15, 0.2) is 30.5 Å². The largest absolute Gasteiger partial charge is 0.474 e. The molecule has 0 radical (unpaired) electrons. The monoisotopic (exact) mass is 437 g/mol. The Morgan fingerprint density at radius 1 is 1.28 bits per heavy atom. The van der Waals surface area contributed by atoms with Crippen LogP contribution in [-0.4, -0.2) is 50.9 Å². The Kier molecular flexibility index (Phi) is 5.95. The summed E-state index contributed by atoms with van der Waals surface area (Å²) in [4.78, 5) is 21.4. The molecule has 0 saturated carbocycles. The van der Waals surface area contributed by atoms with Crippen LogP contribution >= 0.6 is 0 Å². The summed E-state index contributed by atoms with van der Waals surface area (Å²) in [6, 6.07) is 6.09. The van der Waals surface area contributed by atoms with Crippen molar-refractivity contribution < 1.29 is 18.7 Å². The molecule has 166 valence electrons. The summed E-state index contributed by atoms with van der Waals surface area (Å²) in [7, 11) is 0. The number of hydrogen-bond acceptors (Lipinski definition) is 5. The number of halogens is 1. The standard InChI is InChI=1S/C23H24FN5O3/c1-14(2)31-23(30)28-11-8-17(9-12-28)32-20-7-10-26-22-21(15(3)27-29(20)22)18-6-5-16(25-4)13-19(18)24/h5-7,10,13-14,17H,8-9,11-12H2,1-3H3. The van der Waals surface area contributed by atoms with E-state index >= 15 is 0 Å². The minimum atomic E-state index is -0.495. The van der Waals surface area contributed by atoms with Crippen molar-refractivity contribution in [3.63, 3.8) is 0 Å². The molecule has 3 heterocycles. The lowest BCUT2D eigenvalue weighted by Gasteiger charge is -2.31. The molecule has 0 spiro atoms. The first-order chi connectivity index (χ1) is 15.4. The quantitative estimate of drug-likeness (QED) is 0.549. The van der Waals surface area contributed by atoms with E-state index in [1.165, 1.54) is 6.07 Å². The van der Waals surface area contributed by atoms with Gasteiger partial charge >= 0.3 is 6.09 Å². The number of rotatable bonds is 4. The molecule has 32 heavy (non-hydrogen) atoms. The molecule has 1 aliphatic rings. The highest BCUT2D eigenvalue weighted by Gasteiger charge is 2.26. The molecule has 0 N–H and O–H groups in total. The minimum absolute atomic E-state index is 0.0914. The maximum absolute atomic E-state index is 14.7. The van der Waals surface area contributed by atoms with Gasteiger partial charge in [0.05, 0.1) is 23.9 Å². The van der Waals surface area contributed by atoms with Crippen molar-refractivity contribution in [2.75, 3.05) is 13.1 Å². The van der Waals surface area contributed by atoms with E-state index in [1.807, 2.05) is 13.8 Å². The predicted octanol–water partition coefficient (Wildman–Crippen LogP) is 4.78. The van der Waals surface area contributed by atoms with Gasteiger partial charge in [0.15, 0.2) is 11.3 Å². The molecular formula is C23H24FN5O3. The van der Waals surface area contributed by atoms with E-state index in [4.69, 9.17) is 16.0 Å². The molecule has 0 atom stereocenters. The molecule has 1 saturated heterocycles. The van der Waals surface area contributed by atoms with Crippen LogP contribution in [0.2, 0.25) is 0 Å². The minimum Gasteiger partial charge on any atom is -0.474 e. The molecule has 9 heteroatoms. The Labute approximate surface area is 185 Å². The summed E-state index contributed by atoms with van der Waals surface area (Å²) in [5, 5.41) is 4.53. The van der Waals surface area contributed by atoms with Gasteiger partial charge in [-0.3, -0.25) is 0 Å². The van der Waals surface area contributed by atoms with E-state index in [1.54, 1.807) is 40.7 Å². The molecule has 1 aliphatic heterocycles. The van der Waals surface area contributed by atoms with Crippen molar-refractivity contribution in [2.24, 2.45) is 0 Å². The molecule has 1 aromatic carbocycles. The van der Waals surface area contributed by atoms with Crippen molar-refractivity contribution >= 4 is 17.4 Å². The van der Waals surface area contributed by atoms with Crippen LogP contribution in [0.5, 0.6) is 5.88 Å². The first-order valence-electron chi connectivity index (χ1n) is 10.5. The van der Waals surface area contributed by atoms with E-state index in [0.717, 1.165) is 0 Å². The fraction of sp³-hybridized carbons (Fsp3) is 0.391. The Balaban J connectivity index is 1.55. The molecule has 3 aromatic rings. The predicted molar refractivity (Wildman–Crippen MR) is 116 cm³/mol. The maximum atomic E-state index is 14.7. The molecule has 1 fully saturated rings. The van der Waals surface area contributed by atoms with Gasteiger partial charge in [0, 0.05) is 43.8 Å². The van der Waals surface area contributed by atoms with Crippen molar-refractivity contribution in [2.45, 2.75) is 45.8 Å². The molecule has 1 amide bonds. The highest BCUT2D eigenvalue weighted by molar-refractivity contribution is 5.81. The molecule has 4 rings (SSSR count). The second-order valence-corrected chi connectivity index (χ2v) is 7.99. The zero-order valence-electron chi connectivity index (χ0n) is 18.2. The van der Waals surface area contributed by atoms with Crippen molar-refractivity contribution in [1.29, 1.82) is 0 Å². The second kappa shape index (κ2) is 8.83. The Bertz CT molecular complexity index is 1190. The van der Waals surface area contributed by atoms with Gasteiger partial charge in [-0.05, 0) is 26.8 Å². The topological polar surface area (TPSA) is 73.3 Å². The second-order valence-electron chi connectivity index (χ2n) is 7.99. The van der Waals surface area contributed by atoms with Crippen LogP contribution in [0.25, 0.3) is 21.6 Å². The van der Waals surface area contributed by atoms with Crippen LogP contribution in [0.1, 0.15) is 32.4 Å². The third-order valence-corrected chi connectivity index (χ3v) is 5.33. The van der Waals surface area contributed by atoms with Gasteiger partial charge in [-0.25, -0.2) is 19.0 Å². The van der Waals surface area contributed by atoms with Crippen LogP contribution in [0.3, 0.4) is 0 Å². The number of ether oxygens (including phenoxy) is 2. The smallest absolute Gasteiger partial charge is 0.410 e. The zero-order valence-corrected chi connectivity index (χ0v) is 18.2. The third-order valence-electron chi connectivity index (χ3n) is 5.33. The Morgan fingerprint density at radius 3 is 2.69 bits per heavy atom. The zero-order chi connectivity index (χ0) is 22.8. The van der Waals surface area contributed by atoms with E-state index < -0.39 is 5.82 Å². The summed E-state index contributed by atoms with van der Waals surface area (Å²) >= 11 is 0. The summed E-state index contributed by atoms with van der Waals surface area (Å²) < 4.78 is 27.7. The van der Waals surface area contributed by atoms with Gasteiger partial charge < -0.3 is 14.4 Å². The number of piperidine rings is 1. The van der Waals surface area contributed by atoms with E-state index in [2.05, 4.69) is 14.9 Å². The van der Waals surface area contributed by atoms with Crippen molar-refractivity contribution in [3.8, 4) is 17.0 Å². The lowest BCUT2D eigenvalue weighted by molar-refractivity contribution is 0.0502. The third kappa shape index (κ3) is 4.21. The molecule has 0 unspecified atom stereocenters. The van der Waals surface area contributed by atoms with E-state index in [0.29, 0.717) is 54.3 Å². The van der Waals surface area contributed by atoms with Crippen LogP contribution in [-0.2, 0) is 4.74 Å². The summed E-state index contributed by atoms with van der Waals surface area (Å²) in [5.74, 6) is 0.0102. The molecule has 0 aliphatic carbocycles. The average molecular weight is 437 g/mol. The highest BCUT2D eigenvalue weighted by Crippen LogP contribution is 2.33. The number of carbonyl (C=O) groups is 1. The fourth-order valence-corrected chi connectivity index (χ4v) is 3.81. The first kappa shape index (κ1) is 21.6. The average Bonchev–Trinajstić information content (AvgIpc) is 3.10. The summed E-state index contributed by atoms with van der Waals surface area (Å²) in [6.45, 7) is 13.6. The van der Waals surface area contributed by atoms with Gasteiger partial charge in [0.1, 0.15) is 11.9 Å². The summed E-state index contributed by atoms with van der Waals surface area (Å²) in [6.07, 6.45) is 2.39. The number of amides is 1. The summed E-state index contributed by atoms with van der Waals surface area (Å²) in [5.41, 5.74) is 2.23. The Hall–Kier alpha value is -3.67. The normalized spacial score (nSPS) is 14.6. The SMILES string of the molecule is [C-]#[N+]c1ccc(-c2c(C)nn3c(OC4CCN(C(=O)OC(C)C)CC4)ccnc23)c(F)c1. The Morgan fingerprint density at radius 2 is 2.03 bits per heavy atom. The highest BCUT2D eigenvalue weighted by atomic mass is 19.1. The number of benzene rings is 1. The number of likely N-dealkylation sites (tertiary alicyclic amines) is 1. The van der Waals surface area contributed by atoms with Gasteiger partial charge in [0.2, 0.25) is 5.88 Å². The first-order valence-corrected chi connectivity index (χ1v) is 10.5. The molecule has 0 bridgehead atoms. The molecule has 2 aromatic heterocycles. The van der Waals surface area contributed by atoms with Crippen LogP contribution in [0, 0.1) is 19.3 Å².